The molecule has 0 aliphatic heterocycles. The van der Waals surface area contributed by atoms with Crippen molar-refractivity contribution >= 4 is 15.9 Å². The van der Waals surface area contributed by atoms with Crippen LogP contribution in [0.1, 0.15) is 29.8 Å². The molecular weight excluding hydrogens is 511 g/mol. The number of aliphatic hydroxyl groups excluding tert-OH is 1. The van der Waals surface area contributed by atoms with Gasteiger partial charge in [0.25, 0.3) is 5.91 Å². The molecule has 204 valence electrons. The van der Waals surface area contributed by atoms with E-state index >= 15 is 0 Å². The standard InChI is InChI=1S/C28H33FN2O6S/c1-19(2)17-31(38(35,36)23-12-9-21(29)10-13-23)18-27(33)25(15-20-7-5-4-6-8-20)30-28(34)24-14-11-22(37-3)16-26(24)32/h4-14,16,19,25,27,32-33H,15,17-18H2,1-3H3,(H,30,34)/t25-,27+/m0/s1. The van der Waals surface area contributed by atoms with Gasteiger partial charge in [-0.3, -0.25) is 4.79 Å². The summed E-state index contributed by atoms with van der Waals surface area (Å²) in [5.41, 5.74) is 0.793. The second-order valence-corrected chi connectivity index (χ2v) is 11.3. The second kappa shape index (κ2) is 12.9. The highest BCUT2D eigenvalue weighted by atomic mass is 32.2. The molecule has 0 saturated carbocycles. The van der Waals surface area contributed by atoms with Crippen molar-refractivity contribution in [2.24, 2.45) is 5.92 Å². The van der Waals surface area contributed by atoms with Gasteiger partial charge in [-0.2, -0.15) is 4.31 Å². The lowest BCUT2D eigenvalue weighted by Gasteiger charge is -2.31. The highest BCUT2D eigenvalue weighted by Gasteiger charge is 2.31. The molecule has 0 aliphatic rings. The molecule has 3 N–H and O–H groups in total. The van der Waals surface area contributed by atoms with Gasteiger partial charge in [0.15, 0.2) is 0 Å². The van der Waals surface area contributed by atoms with Crippen molar-refractivity contribution in [3.8, 4) is 11.5 Å². The molecule has 0 aromatic heterocycles. The Kier molecular flexibility index (Phi) is 9.84. The Morgan fingerprint density at radius 3 is 2.26 bits per heavy atom. The van der Waals surface area contributed by atoms with Crippen molar-refractivity contribution in [3.63, 3.8) is 0 Å². The van der Waals surface area contributed by atoms with Crippen LogP contribution in [0.25, 0.3) is 0 Å². The Hall–Kier alpha value is -3.47. The van der Waals surface area contributed by atoms with Gasteiger partial charge in [-0.15, -0.1) is 0 Å². The fourth-order valence-electron chi connectivity index (χ4n) is 4.00. The minimum absolute atomic E-state index is 0.0194. The van der Waals surface area contributed by atoms with Crippen LogP contribution in [0.3, 0.4) is 0 Å². The number of phenols is 1. The van der Waals surface area contributed by atoms with Gasteiger partial charge in [0.1, 0.15) is 17.3 Å². The Balaban J connectivity index is 1.90. The predicted molar refractivity (Wildman–Crippen MR) is 142 cm³/mol. The van der Waals surface area contributed by atoms with Crippen LogP contribution in [0.2, 0.25) is 0 Å². The summed E-state index contributed by atoms with van der Waals surface area (Å²) in [4.78, 5) is 13.0. The van der Waals surface area contributed by atoms with Gasteiger partial charge >= 0.3 is 0 Å². The molecule has 0 bridgehead atoms. The molecule has 0 unspecified atom stereocenters. The van der Waals surface area contributed by atoms with Crippen molar-refractivity contribution in [2.75, 3.05) is 20.2 Å². The molecule has 0 saturated heterocycles. The summed E-state index contributed by atoms with van der Waals surface area (Å²) < 4.78 is 46.4. The van der Waals surface area contributed by atoms with Crippen LogP contribution in [0.4, 0.5) is 4.39 Å². The molecule has 3 aromatic carbocycles. The number of methoxy groups -OCH3 is 1. The molecule has 0 fully saturated rings. The minimum Gasteiger partial charge on any atom is -0.507 e. The van der Waals surface area contributed by atoms with Gasteiger partial charge in [0, 0.05) is 19.2 Å². The van der Waals surface area contributed by atoms with Gasteiger partial charge in [0.05, 0.1) is 29.7 Å². The first kappa shape index (κ1) is 29.1. The Morgan fingerprint density at radius 2 is 1.68 bits per heavy atom. The molecular formula is C28H33FN2O6S. The lowest BCUT2D eigenvalue weighted by Crippen LogP contribution is -2.51. The van der Waals surface area contributed by atoms with Gasteiger partial charge < -0.3 is 20.3 Å². The van der Waals surface area contributed by atoms with Crippen LogP contribution in [-0.4, -0.2) is 61.2 Å². The first-order chi connectivity index (χ1) is 18.0. The van der Waals surface area contributed by atoms with Crippen molar-refractivity contribution in [3.05, 3.63) is 89.7 Å². The first-order valence-electron chi connectivity index (χ1n) is 12.2. The van der Waals surface area contributed by atoms with E-state index in [4.69, 9.17) is 4.74 Å². The number of phenolic OH excluding ortho intramolecular Hbond substituents is 1. The number of carbonyl (C=O) groups is 1. The number of amides is 1. The van der Waals surface area contributed by atoms with Crippen LogP contribution in [0.15, 0.2) is 77.7 Å². The molecule has 10 heteroatoms. The lowest BCUT2D eigenvalue weighted by atomic mass is 10.00. The molecule has 0 heterocycles. The summed E-state index contributed by atoms with van der Waals surface area (Å²) in [7, 11) is -2.64. The molecule has 0 radical (unpaired) electrons. The molecule has 3 rings (SSSR count). The highest BCUT2D eigenvalue weighted by Crippen LogP contribution is 2.24. The first-order valence-corrected chi connectivity index (χ1v) is 13.6. The zero-order valence-corrected chi connectivity index (χ0v) is 22.4. The third kappa shape index (κ3) is 7.53. The largest absolute Gasteiger partial charge is 0.507 e. The fourth-order valence-corrected chi connectivity index (χ4v) is 5.62. The van der Waals surface area contributed by atoms with Gasteiger partial charge in [0.2, 0.25) is 10.0 Å². The molecule has 2 atom stereocenters. The number of halogens is 1. The molecule has 8 nitrogen and oxygen atoms in total. The molecule has 0 spiro atoms. The third-order valence-electron chi connectivity index (χ3n) is 5.94. The maximum Gasteiger partial charge on any atom is 0.255 e. The zero-order valence-electron chi connectivity index (χ0n) is 21.5. The Labute approximate surface area is 222 Å². The van der Waals surface area contributed by atoms with Crippen molar-refractivity contribution < 1.29 is 32.6 Å². The number of aromatic hydroxyl groups is 1. The summed E-state index contributed by atoms with van der Waals surface area (Å²) in [5, 5.41) is 24.4. The van der Waals surface area contributed by atoms with E-state index in [-0.39, 0.29) is 41.6 Å². The minimum atomic E-state index is -4.07. The maximum atomic E-state index is 13.4. The van der Waals surface area contributed by atoms with E-state index in [1.165, 1.54) is 37.4 Å². The van der Waals surface area contributed by atoms with Crippen LogP contribution in [0.5, 0.6) is 11.5 Å². The number of hydrogen-bond acceptors (Lipinski definition) is 6. The number of nitrogens with zero attached hydrogens (tertiary/aromatic N) is 1. The van der Waals surface area contributed by atoms with Crippen molar-refractivity contribution in [1.82, 2.24) is 9.62 Å². The Bertz CT molecular complexity index is 1320. The van der Waals surface area contributed by atoms with Gasteiger partial charge in [-0.25, -0.2) is 12.8 Å². The number of ether oxygens (including phenoxy) is 1. The monoisotopic (exact) mass is 544 g/mol. The average molecular weight is 545 g/mol. The predicted octanol–water partition coefficient (Wildman–Crippen LogP) is 3.59. The quantitative estimate of drug-likeness (QED) is 0.321. The van der Waals surface area contributed by atoms with Crippen LogP contribution in [-0.2, 0) is 16.4 Å². The van der Waals surface area contributed by atoms with E-state index < -0.39 is 33.9 Å². The van der Waals surface area contributed by atoms with Crippen LogP contribution >= 0.6 is 0 Å². The maximum absolute atomic E-state index is 13.4. The second-order valence-electron chi connectivity index (χ2n) is 9.39. The number of nitrogens with one attached hydrogen (secondary N) is 1. The van der Waals surface area contributed by atoms with E-state index in [1.807, 2.05) is 44.2 Å². The van der Waals surface area contributed by atoms with Crippen LogP contribution < -0.4 is 10.1 Å². The summed E-state index contributed by atoms with van der Waals surface area (Å²) in [6, 6.07) is 17.0. The summed E-state index contributed by atoms with van der Waals surface area (Å²) in [5.74, 6) is -1.20. The number of sulfonamides is 1. The number of hydrogen-bond donors (Lipinski definition) is 3. The molecule has 38 heavy (non-hydrogen) atoms. The third-order valence-corrected chi connectivity index (χ3v) is 7.79. The topological polar surface area (TPSA) is 116 Å². The highest BCUT2D eigenvalue weighted by molar-refractivity contribution is 7.89. The van der Waals surface area contributed by atoms with Gasteiger partial charge in [-0.05, 0) is 54.3 Å². The van der Waals surface area contributed by atoms with Crippen LogP contribution in [0, 0.1) is 11.7 Å². The van der Waals surface area contributed by atoms with E-state index in [1.54, 1.807) is 0 Å². The van der Waals surface area contributed by atoms with E-state index in [2.05, 4.69) is 5.32 Å². The molecule has 3 aromatic rings. The molecule has 1 amide bonds. The zero-order chi connectivity index (χ0) is 27.9. The van der Waals surface area contributed by atoms with E-state index in [0.29, 0.717) is 5.75 Å². The SMILES string of the molecule is COc1ccc(C(=O)N[C@@H](Cc2ccccc2)[C@H](O)CN(CC(C)C)S(=O)(=O)c2ccc(F)cc2)c(O)c1. The van der Waals surface area contributed by atoms with E-state index in [0.717, 1.165) is 22.0 Å². The van der Waals surface area contributed by atoms with E-state index in [9.17, 15) is 27.8 Å². The smallest absolute Gasteiger partial charge is 0.255 e. The summed E-state index contributed by atoms with van der Waals surface area (Å²) in [6.45, 7) is 3.47. The summed E-state index contributed by atoms with van der Waals surface area (Å²) in [6.07, 6.45) is -1.11. The number of benzene rings is 3. The number of carbonyl (C=O) groups excluding carboxylic acids is 1. The molecule has 0 aliphatic carbocycles. The normalized spacial score (nSPS) is 13.3. The fraction of sp³-hybridized carbons (Fsp3) is 0.321. The van der Waals surface area contributed by atoms with Gasteiger partial charge in [-0.1, -0.05) is 44.2 Å². The Morgan fingerprint density at radius 1 is 1.03 bits per heavy atom. The number of aliphatic hydroxyl groups is 1. The number of rotatable bonds is 12. The van der Waals surface area contributed by atoms with Crippen molar-refractivity contribution in [1.29, 1.82) is 0 Å². The average Bonchev–Trinajstić information content (AvgIpc) is 2.88. The van der Waals surface area contributed by atoms with Crippen molar-refractivity contribution in [2.45, 2.75) is 37.3 Å². The summed E-state index contributed by atoms with van der Waals surface area (Å²) >= 11 is 0. The lowest BCUT2D eigenvalue weighted by molar-refractivity contribution is 0.0773.